The Labute approximate surface area is 121 Å². The zero-order valence-electron chi connectivity index (χ0n) is 10.8. The summed E-state index contributed by atoms with van der Waals surface area (Å²) in [6.07, 6.45) is 2.65. The van der Waals surface area contributed by atoms with Crippen LogP contribution in [0.25, 0.3) is 0 Å². The molecule has 0 spiro atoms. The summed E-state index contributed by atoms with van der Waals surface area (Å²) in [7, 11) is -1.98. The van der Waals surface area contributed by atoms with Crippen molar-refractivity contribution < 1.29 is 8.42 Å². The predicted molar refractivity (Wildman–Crippen MR) is 77.5 cm³/mol. The fourth-order valence-electron chi connectivity index (χ4n) is 1.55. The zero-order valence-corrected chi connectivity index (χ0v) is 12.5. The van der Waals surface area contributed by atoms with E-state index in [0.29, 0.717) is 13.1 Å². The van der Waals surface area contributed by atoms with E-state index in [4.69, 9.17) is 5.73 Å². The van der Waals surface area contributed by atoms with Crippen molar-refractivity contribution in [3.8, 4) is 11.8 Å². The minimum atomic E-state index is -3.51. The molecule has 106 valence electrons. The standard InChI is InChI=1S/C12H14N4O2S2/c1-16(20(17,18)12-6-14-15-7-12)8-11-5-10(9-19-11)3-2-4-13/h5-7,9H,4,8,13H2,1H3,(H,14,15). The summed E-state index contributed by atoms with van der Waals surface area (Å²) in [6.45, 7) is 0.600. The highest BCUT2D eigenvalue weighted by atomic mass is 32.2. The Morgan fingerprint density at radius 2 is 2.35 bits per heavy atom. The lowest BCUT2D eigenvalue weighted by Crippen LogP contribution is -2.25. The Hall–Kier alpha value is -1.66. The van der Waals surface area contributed by atoms with E-state index in [1.807, 2.05) is 11.4 Å². The van der Waals surface area contributed by atoms with Gasteiger partial charge in [-0.25, -0.2) is 8.42 Å². The van der Waals surface area contributed by atoms with Crippen molar-refractivity contribution in [2.45, 2.75) is 11.4 Å². The lowest BCUT2D eigenvalue weighted by atomic mass is 10.3. The Morgan fingerprint density at radius 1 is 1.55 bits per heavy atom. The van der Waals surface area contributed by atoms with Crippen molar-refractivity contribution in [2.75, 3.05) is 13.6 Å². The van der Waals surface area contributed by atoms with Gasteiger partial charge in [0.05, 0.1) is 12.7 Å². The fraction of sp³-hybridized carbons (Fsp3) is 0.250. The minimum Gasteiger partial charge on any atom is -0.320 e. The molecule has 2 aromatic heterocycles. The maximum atomic E-state index is 12.2. The molecular formula is C12H14N4O2S2. The first-order chi connectivity index (χ1) is 9.54. The third kappa shape index (κ3) is 3.26. The largest absolute Gasteiger partial charge is 0.320 e. The lowest BCUT2D eigenvalue weighted by Gasteiger charge is -2.14. The topological polar surface area (TPSA) is 92.1 Å². The van der Waals surface area contributed by atoms with Crippen LogP contribution >= 0.6 is 11.3 Å². The molecule has 0 radical (unpaired) electrons. The van der Waals surface area contributed by atoms with Crippen molar-refractivity contribution in [1.29, 1.82) is 0 Å². The molecule has 0 unspecified atom stereocenters. The molecule has 0 atom stereocenters. The Balaban J connectivity index is 2.12. The summed E-state index contributed by atoms with van der Waals surface area (Å²) in [4.78, 5) is 1.07. The number of nitrogens with zero attached hydrogens (tertiary/aromatic N) is 2. The van der Waals surface area contributed by atoms with Crippen molar-refractivity contribution in [2.24, 2.45) is 5.73 Å². The van der Waals surface area contributed by atoms with E-state index < -0.39 is 10.0 Å². The lowest BCUT2D eigenvalue weighted by molar-refractivity contribution is 0.469. The van der Waals surface area contributed by atoms with Gasteiger partial charge >= 0.3 is 0 Å². The molecular weight excluding hydrogens is 296 g/mol. The number of H-pyrrole nitrogens is 1. The van der Waals surface area contributed by atoms with E-state index >= 15 is 0 Å². The van der Waals surface area contributed by atoms with Crippen LogP contribution < -0.4 is 5.73 Å². The number of hydrogen-bond donors (Lipinski definition) is 2. The average molecular weight is 310 g/mol. The van der Waals surface area contributed by atoms with E-state index in [9.17, 15) is 8.42 Å². The summed E-state index contributed by atoms with van der Waals surface area (Å²) < 4.78 is 25.7. The SMILES string of the molecule is CN(Cc1cc(C#CCN)cs1)S(=O)(=O)c1cn[nH]c1. The Kier molecular flexibility index (Phi) is 4.57. The molecule has 2 heterocycles. The molecule has 0 saturated heterocycles. The van der Waals surface area contributed by atoms with Gasteiger partial charge in [0.1, 0.15) is 4.90 Å². The number of hydrogen-bond acceptors (Lipinski definition) is 5. The van der Waals surface area contributed by atoms with Crippen LogP contribution in [-0.2, 0) is 16.6 Å². The second kappa shape index (κ2) is 6.19. The number of nitrogens with one attached hydrogen (secondary N) is 1. The van der Waals surface area contributed by atoms with E-state index in [0.717, 1.165) is 10.4 Å². The minimum absolute atomic E-state index is 0.153. The van der Waals surface area contributed by atoms with Gasteiger partial charge in [-0.2, -0.15) is 9.40 Å². The van der Waals surface area contributed by atoms with Gasteiger partial charge in [-0.1, -0.05) is 11.8 Å². The normalized spacial score (nSPS) is 11.3. The number of aromatic nitrogens is 2. The molecule has 0 saturated carbocycles. The highest BCUT2D eigenvalue weighted by Crippen LogP contribution is 2.19. The monoisotopic (exact) mass is 310 g/mol. The van der Waals surface area contributed by atoms with Gasteiger partial charge in [-0.05, 0) is 6.07 Å². The van der Waals surface area contributed by atoms with Gasteiger partial charge in [-0.3, -0.25) is 5.10 Å². The van der Waals surface area contributed by atoms with Crippen LogP contribution in [0.3, 0.4) is 0 Å². The van der Waals surface area contributed by atoms with Crippen molar-refractivity contribution in [1.82, 2.24) is 14.5 Å². The second-order valence-corrected chi connectivity index (χ2v) is 7.04. The molecule has 2 aromatic rings. The molecule has 0 bridgehead atoms. The Bertz CT molecular complexity index is 723. The first-order valence-electron chi connectivity index (χ1n) is 5.75. The summed E-state index contributed by atoms with van der Waals surface area (Å²) in [5.74, 6) is 5.68. The predicted octanol–water partition coefficient (Wildman–Crippen LogP) is 0.602. The molecule has 6 nitrogen and oxygen atoms in total. The van der Waals surface area contributed by atoms with Gasteiger partial charge in [0.25, 0.3) is 0 Å². The van der Waals surface area contributed by atoms with Crippen LogP contribution in [0.15, 0.2) is 28.7 Å². The molecule has 0 fully saturated rings. The van der Waals surface area contributed by atoms with E-state index in [1.54, 1.807) is 0 Å². The third-order valence-corrected chi connectivity index (χ3v) is 5.24. The molecule has 0 aliphatic carbocycles. The molecule has 8 heteroatoms. The highest BCUT2D eigenvalue weighted by molar-refractivity contribution is 7.89. The summed E-state index contributed by atoms with van der Waals surface area (Å²) >= 11 is 1.47. The van der Waals surface area contributed by atoms with Crippen LogP contribution in [0.2, 0.25) is 0 Å². The maximum absolute atomic E-state index is 12.2. The molecule has 0 aliphatic heterocycles. The van der Waals surface area contributed by atoms with Crippen LogP contribution in [0, 0.1) is 11.8 Å². The van der Waals surface area contributed by atoms with Crippen molar-refractivity contribution >= 4 is 21.4 Å². The second-order valence-electron chi connectivity index (χ2n) is 4.00. The van der Waals surface area contributed by atoms with Crippen LogP contribution in [0.1, 0.15) is 10.4 Å². The van der Waals surface area contributed by atoms with Gasteiger partial charge in [0.2, 0.25) is 10.0 Å². The smallest absolute Gasteiger partial charge is 0.246 e. The molecule has 2 rings (SSSR count). The first-order valence-corrected chi connectivity index (χ1v) is 8.07. The number of thiophene rings is 1. The van der Waals surface area contributed by atoms with Crippen LogP contribution in [-0.4, -0.2) is 36.5 Å². The van der Waals surface area contributed by atoms with Gasteiger partial charge in [0.15, 0.2) is 0 Å². The van der Waals surface area contributed by atoms with Gasteiger partial charge in [-0.15, -0.1) is 11.3 Å². The van der Waals surface area contributed by atoms with Crippen molar-refractivity contribution in [3.05, 3.63) is 34.3 Å². The fourth-order valence-corrected chi connectivity index (χ4v) is 3.55. The summed E-state index contributed by atoms with van der Waals surface area (Å²) in [5.41, 5.74) is 6.16. The summed E-state index contributed by atoms with van der Waals surface area (Å²) in [6, 6.07) is 1.87. The molecule has 20 heavy (non-hydrogen) atoms. The maximum Gasteiger partial charge on any atom is 0.246 e. The quantitative estimate of drug-likeness (QED) is 0.809. The van der Waals surface area contributed by atoms with Gasteiger partial charge in [0, 0.05) is 35.6 Å². The number of aromatic amines is 1. The summed E-state index contributed by atoms with van der Waals surface area (Å²) in [5, 5.41) is 8.04. The van der Waals surface area contributed by atoms with E-state index in [-0.39, 0.29) is 4.90 Å². The molecule has 3 N–H and O–H groups in total. The zero-order chi connectivity index (χ0) is 14.6. The number of nitrogens with two attached hydrogens (primary N) is 1. The van der Waals surface area contributed by atoms with Gasteiger partial charge < -0.3 is 5.73 Å². The van der Waals surface area contributed by atoms with E-state index in [1.165, 1.54) is 35.1 Å². The average Bonchev–Trinajstić information content (AvgIpc) is 3.07. The number of rotatable bonds is 4. The van der Waals surface area contributed by atoms with Crippen LogP contribution in [0.5, 0.6) is 0 Å². The molecule has 0 aliphatic rings. The highest BCUT2D eigenvalue weighted by Gasteiger charge is 2.22. The van der Waals surface area contributed by atoms with E-state index in [2.05, 4.69) is 22.0 Å². The molecule has 0 aromatic carbocycles. The Morgan fingerprint density at radius 3 is 3.00 bits per heavy atom. The first kappa shape index (κ1) is 14.7. The van der Waals surface area contributed by atoms with Crippen molar-refractivity contribution in [3.63, 3.8) is 0 Å². The third-order valence-electron chi connectivity index (χ3n) is 2.55. The van der Waals surface area contributed by atoms with Crippen LogP contribution in [0.4, 0.5) is 0 Å². The molecule has 0 amide bonds. The number of sulfonamides is 1.